The van der Waals surface area contributed by atoms with Crippen LogP contribution in [0.4, 0.5) is 0 Å². The van der Waals surface area contributed by atoms with Crippen molar-refractivity contribution in [3.05, 3.63) is 30.1 Å². The molecule has 0 bridgehead atoms. The third-order valence-electron chi connectivity index (χ3n) is 4.41. The lowest BCUT2D eigenvalue weighted by Crippen LogP contribution is -2.35. The zero-order valence-electron chi connectivity index (χ0n) is 12.0. The third kappa shape index (κ3) is 2.85. The van der Waals surface area contributed by atoms with Gasteiger partial charge in [-0.2, -0.15) is 0 Å². The fraction of sp³-hybridized carbons (Fsp3) is 0.625. The molecule has 20 heavy (non-hydrogen) atoms. The normalized spacial score (nSPS) is 29.2. The van der Waals surface area contributed by atoms with Gasteiger partial charge in [-0.3, -0.25) is 9.78 Å². The predicted molar refractivity (Wildman–Crippen MR) is 76.2 cm³/mol. The van der Waals surface area contributed by atoms with Crippen molar-refractivity contribution in [1.29, 1.82) is 0 Å². The topological polar surface area (TPSA) is 42.4 Å². The minimum absolute atomic E-state index is 0.0383. The molecule has 0 saturated carbocycles. The fourth-order valence-electron chi connectivity index (χ4n) is 3.37. The number of carbonyl (C=O) groups is 1. The number of hydrogen-bond acceptors (Lipinski definition) is 3. The van der Waals surface area contributed by atoms with Crippen molar-refractivity contribution >= 4 is 5.91 Å². The molecule has 0 radical (unpaired) electrons. The Hall–Kier alpha value is -1.42. The molecule has 108 valence electrons. The second-order valence-electron chi connectivity index (χ2n) is 6.23. The molecule has 1 aromatic rings. The average molecular weight is 274 g/mol. The maximum Gasteiger partial charge on any atom is 0.223 e. The molecule has 0 aliphatic carbocycles. The van der Waals surface area contributed by atoms with Crippen LogP contribution in [0.25, 0.3) is 0 Å². The van der Waals surface area contributed by atoms with E-state index in [0.717, 1.165) is 44.5 Å². The third-order valence-corrected chi connectivity index (χ3v) is 4.41. The van der Waals surface area contributed by atoms with Gasteiger partial charge in [0.15, 0.2) is 0 Å². The van der Waals surface area contributed by atoms with E-state index >= 15 is 0 Å². The van der Waals surface area contributed by atoms with Gasteiger partial charge in [0.1, 0.15) is 0 Å². The quantitative estimate of drug-likeness (QED) is 0.847. The van der Waals surface area contributed by atoms with E-state index in [2.05, 4.69) is 11.9 Å². The van der Waals surface area contributed by atoms with E-state index in [-0.39, 0.29) is 11.5 Å². The van der Waals surface area contributed by atoms with Crippen LogP contribution in [-0.4, -0.2) is 41.1 Å². The number of pyridine rings is 1. The number of nitrogens with zero attached hydrogens (tertiary/aromatic N) is 2. The van der Waals surface area contributed by atoms with Crippen molar-refractivity contribution in [2.45, 2.75) is 38.2 Å². The van der Waals surface area contributed by atoms with Gasteiger partial charge in [-0.1, -0.05) is 13.0 Å². The second-order valence-corrected chi connectivity index (χ2v) is 6.23. The van der Waals surface area contributed by atoms with Gasteiger partial charge in [0.25, 0.3) is 0 Å². The molecule has 2 saturated heterocycles. The lowest BCUT2D eigenvalue weighted by molar-refractivity contribution is -0.131. The highest BCUT2D eigenvalue weighted by atomic mass is 16.5. The van der Waals surface area contributed by atoms with Crippen molar-refractivity contribution in [1.82, 2.24) is 9.88 Å². The molecule has 4 nitrogen and oxygen atoms in total. The van der Waals surface area contributed by atoms with Crippen LogP contribution in [0.2, 0.25) is 0 Å². The molecule has 2 atom stereocenters. The van der Waals surface area contributed by atoms with Crippen molar-refractivity contribution in [3.63, 3.8) is 0 Å². The summed E-state index contributed by atoms with van der Waals surface area (Å²) in [5.41, 5.74) is 1.09. The highest BCUT2D eigenvalue weighted by Gasteiger charge is 2.45. The first-order valence-corrected chi connectivity index (χ1v) is 7.48. The van der Waals surface area contributed by atoms with Crippen molar-refractivity contribution in [3.8, 4) is 0 Å². The number of ether oxygens (including phenoxy) is 1. The molecule has 1 aromatic heterocycles. The van der Waals surface area contributed by atoms with Gasteiger partial charge in [-0.05, 0) is 36.8 Å². The van der Waals surface area contributed by atoms with Gasteiger partial charge in [-0.15, -0.1) is 0 Å². The molecule has 2 unspecified atom stereocenters. The molecule has 3 rings (SSSR count). The van der Waals surface area contributed by atoms with Crippen molar-refractivity contribution in [2.24, 2.45) is 5.92 Å². The number of aryl methyl sites for hydroxylation is 1. The first kappa shape index (κ1) is 13.6. The van der Waals surface area contributed by atoms with Crippen LogP contribution in [-0.2, 0) is 16.0 Å². The number of likely N-dealkylation sites (tertiary alicyclic amines) is 1. The lowest BCUT2D eigenvalue weighted by Gasteiger charge is -2.23. The lowest BCUT2D eigenvalue weighted by atomic mass is 9.94. The molecule has 0 aromatic carbocycles. The molecule has 4 heteroatoms. The van der Waals surface area contributed by atoms with Crippen LogP contribution in [0.3, 0.4) is 0 Å². The van der Waals surface area contributed by atoms with Crippen LogP contribution < -0.4 is 0 Å². The summed E-state index contributed by atoms with van der Waals surface area (Å²) in [6.07, 6.45) is 7.02. The first-order chi connectivity index (χ1) is 9.67. The Kier molecular flexibility index (Phi) is 3.74. The van der Waals surface area contributed by atoms with E-state index in [1.807, 2.05) is 23.2 Å². The van der Waals surface area contributed by atoms with Gasteiger partial charge in [0, 0.05) is 31.9 Å². The van der Waals surface area contributed by atoms with Crippen LogP contribution >= 0.6 is 0 Å². The van der Waals surface area contributed by atoms with E-state index in [4.69, 9.17) is 4.74 Å². The highest BCUT2D eigenvalue weighted by molar-refractivity contribution is 5.77. The smallest absolute Gasteiger partial charge is 0.223 e. The maximum absolute atomic E-state index is 12.3. The molecular formula is C16H22N2O2. The van der Waals surface area contributed by atoms with Crippen molar-refractivity contribution in [2.75, 3.05) is 19.7 Å². The van der Waals surface area contributed by atoms with Gasteiger partial charge in [-0.25, -0.2) is 0 Å². The van der Waals surface area contributed by atoms with Crippen molar-refractivity contribution < 1.29 is 9.53 Å². The standard InChI is InChI=1S/C16H22N2O2/c1-13-9-16(20-11-13)6-8-18(12-16)15(19)5-4-14-3-2-7-17-10-14/h2-3,7,10,13H,4-6,8-9,11-12H2,1H3. The predicted octanol–water partition coefficient (Wildman–Crippen LogP) is 2.04. The molecular weight excluding hydrogens is 252 g/mol. The Balaban J connectivity index is 1.52. The zero-order chi connectivity index (χ0) is 14.0. The van der Waals surface area contributed by atoms with Gasteiger partial charge < -0.3 is 9.64 Å². The van der Waals surface area contributed by atoms with Crippen LogP contribution in [0, 0.1) is 5.92 Å². The number of carbonyl (C=O) groups excluding carboxylic acids is 1. The van der Waals surface area contributed by atoms with Gasteiger partial charge in [0.05, 0.1) is 12.2 Å². The van der Waals surface area contributed by atoms with Crippen LogP contribution in [0.15, 0.2) is 24.5 Å². The van der Waals surface area contributed by atoms with Gasteiger partial charge >= 0.3 is 0 Å². The zero-order valence-corrected chi connectivity index (χ0v) is 12.0. The largest absolute Gasteiger partial charge is 0.373 e. The van der Waals surface area contributed by atoms with E-state index < -0.39 is 0 Å². The summed E-state index contributed by atoms with van der Waals surface area (Å²) >= 11 is 0. The SMILES string of the molecule is CC1COC2(CCN(C(=O)CCc3cccnc3)C2)C1. The Morgan fingerprint density at radius 3 is 3.20 bits per heavy atom. The average Bonchev–Trinajstić information content (AvgIpc) is 3.04. The Labute approximate surface area is 120 Å². The molecule has 2 aliphatic rings. The summed E-state index contributed by atoms with van der Waals surface area (Å²) in [5.74, 6) is 0.870. The van der Waals surface area contributed by atoms with Crippen LogP contribution in [0.5, 0.6) is 0 Å². The van der Waals surface area contributed by atoms with E-state index in [9.17, 15) is 4.79 Å². The Morgan fingerprint density at radius 2 is 2.50 bits per heavy atom. The number of rotatable bonds is 3. The molecule has 3 heterocycles. The summed E-state index contributed by atoms with van der Waals surface area (Å²) in [7, 11) is 0. The molecule has 1 amide bonds. The van der Waals surface area contributed by atoms with E-state index in [1.165, 1.54) is 0 Å². The summed E-state index contributed by atoms with van der Waals surface area (Å²) in [5, 5.41) is 0. The van der Waals surface area contributed by atoms with Crippen LogP contribution in [0.1, 0.15) is 31.7 Å². The first-order valence-electron chi connectivity index (χ1n) is 7.48. The minimum Gasteiger partial charge on any atom is -0.373 e. The van der Waals surface area contributed by atoms with E-state index in [1.54, 1.807) is 6.20 Å². The second kappa shape index (κ2) is 5.52. The summed E-state index contributed by atoms with van der Waals surface area (Å²) in [6.45, 7) is 4.70. The van der Waals surface area contributed by atoms with Gasteiger partial charge in [0.2, 0.25) is 5.91 Å². The highest BCUT2D eigenvalue weighted by Crippen LogP contribution is 2.37. The molecule has 0 N–H and O–H groups in total. The van der Waals surface area contributed by atoms with E-state index in [0.29, 0.717) is 12.3 Å². The molecule has 2 aliphatic heterocycles. The minimum atomic E-state index is -0.0383. The number of aromatic nitrogens is 1. The summed E-state index contributed by atoms with van der Waals surface area (Å²) in [6, 6.07) is 3.94. The molecule has 2 fully saturated rings. The number of amides is 1. The Morgan fingerprint density at radius 1 is 1.60 bits per heavy atom. The monoisotopic (exact) mass is 274 g/mol. The summed E-state index contributed by atoms with van der Waals surface area (Å²) in [4.78, 5) is 18.4. The number of hydrogen-bond donors (Lipinski definition) is 0. The Bertz CT molecular complexity index is 477. The molecule has 1 spiro atoms. The maximum atomic E-state index is 12.3. The fourth-order valence-corrected chi connectivity index (χ4v) is 3.37. The summed E-state index contributed by atoms with van der Waals surface area (Å²) < 4.78 is 5.95.